The van der Waals surface area contributed by atoms with Crippen molar-refractivity contribution in [3.8, 4) is 0 Å². The van der Waals surface area contributed by atoms with Crippen LogP contribution in [0.4, 0.5) is 5.82 Å². The van der Waals surface area contributed by atoms with Gasteiger partial charge < -0.3 is 0 Å². The zero-order chi connectivity index (χ0) is 8.72. The van der Waals surface area contributed by atoms with E-state index < -0.39 is 0 Å². The summed E-state index contributed by atoms with van der Waals surface area (Å²) in [6.45, 7) is 0. The highest BCUT2D eigenvalue weighted by Crippen LogP contribution is 2.30. The quantitative estimate of drug-likeness (QED) is 0.605. The number of pyridine rings is 1. The molecule has 0 atom stereocenters. The van der Waals surface area contributed by atoms with E-state index in [1.54, 1.807) is 19.3 Å². The van der Waals surface area contributed by atoms with E-state index in [0.29, 0.717) is 17.3 Å². The third-order valence-corrected chi connectivity index (χ3v) is 2.35. The lowest BCUT2D eigenvalue weighted by Gasteiger charge is -2.07. The van der Waals surface area contributed by atoms with Crippen molar-refractivity contribution >= 4 is 23.3 Å². The second-order valence-electron chi connectivity index (χ2n) is 2.72. The first-order valence-corrected chi connectivity index (χ1v) is 3.98. The van der Waals surface area contributed by atoms with Crippen LogP contribution in [0, 0.1) is 0 Å². The van der Waals surface area contributed by atoms with E-state index in [1.165, 1.54) is 4.90 Å². The van der Waals surface area contributed by atoms with Gasteiger partial charge in [-0.1, -0.05) is 11.6 Å². The van der Waals surface area contributed by atoms with Crippen LogP contribution in [0.2, 0.25) is 5.02 Å². The first-order chi connectivity index (χ1) is 5.70. The molecule has 0 bridgehead atoms. The summed E-state index contributed by atoms with van der Waals surface area (Å²) in [5, 5.41) is 0.623. The predicted octanol–water partition coefficient (Wildman–Crippen LogP) is 1.25. The van der Waals surface area contributed by atoms with Gasteiger partial charge in [-0.25, -0.2) is 4.98 Å². The minimum atomic E-state index is 0.0469. The van der Waals surface area contributed by atoms with Gasteiger partial charge >= 0.3 is 0 Å². The van der Waals surface area contributed by atoms with Crippen molar-refractivity contribution < 1.29 is 4.79 Å². The molecule has 1 amide bonds. The second kappa shape index (κ2) is 2.45. The third kappa shape index (κ3) is 0.898. The number of rotatable bonds is 0. The molecule has 2 heterocycles. The smallest absolute Gasteiger partial charge is 0.232 e. The van der Waals surface area contributed by atoms with Crippen molar-refractivity contribution in [3.05, 3.63) is 22.8 Å². The van der Waals surface area contributed by atoms with Gasteiger partial charge in [0.15, 0.2) is 0 Å². The van der Waals surface area contributed by atoms with Crippen LogP contribution in [0.15, 0.2) is 12.3 Å². The lowest BCUT2D eigenvalue weighted by molar-refractivity contribution is -0.117. The summed E-state index contributed by atoms with van der Waals surface area (Å²) < 4.78 is 0. The average Bonchev–Trinajstić information content (AvgIpc) is 2.32. The van der Waals surface area contributed by atoms with Crippen molar-refractivity contribution in [2.24, 2.45) is 0 Å². The number of fused-ring (bicyclic) bond motifs is 1. The fraction of sp³-hybridized carbons (Fsp3) is 0.250. The Labute approximate surface area is 75.0 Å². The minimum absolute atomic E-state index is 0.0469. The Morgan fingerprint density at radius 2 is 2.42 bits per heavy atom. The number of anilines is 1. The average molecular weight is 183 g/mol. The van der Waals surface area contributed by atoms with E-state index in [2.05, 4.69) is 4.98 Å². The van der Waals surface area contributed by atoms with E-state index in [4.69, 9.17) is 11.6 Å². The molecule has 0 unspecified atom stereocenters. The lowest BCUT2D eigenvalue weighted by Crippen LogP contribution is -2.21. The topological polar surface area (TPSA) is 33.2 Å². The summed E-state index contributed by atoms with van der Waals surface area (Å²) in [4.78, 5) is 16.8. The Hall–Kier alpha value is -1.09. The van der Waals surface area contributed by atoms with Crippen LogP contribution in [0.3, 0.4) is 0 Å². The highest BCUT2D eigenvalue weighted by molar-refractivity contribution is 6.32. The fourth-order valence-corrected chi connectivity index (χ4v) is 1.51. The van der Waals surface area contributed by atoms with E-state index in [9.17, 15) is 4.79 Å². The molecule has 0 saturated carbocycles. The highest BCUT2D eigenvalue weighted by Gasteiger charge is 2.26. The zero-order valence-electron chi connectivity index (χ0n) is 6.54. The van der Waals surface area contributed by atoms with E-state index in [-0.39, 0.29) is 5.91 Å². The molecule has 1 aliphatic heterocycles. The van der Waals surface area contributed by atoms with Crippen molar-refractivity contribution in [3.63, 3.8) is 0 Å². The Morgan fingerprint density at radius 3 is 3.08 bits per heavy atom. The van der Waals surface area contributed by atoms with E-state index in [0.717, 1.165) is 5.56 Å². The number of nitrogens with zero attached hydrogens (tertiary/aromatic N) is 2. The van der Waals surface area contributed by atoms with Crippen molar-refractivity contribution in [2.75, 3.05) is 11.9 Å². The maximum atomic E-state index is 11.2. The van der Waals surface area contributed by atoms with Gasteiger partial charge in [0, 0.05) is 23.8 Å². The highest BCUT2D eigenvalue weighted by atomic mass is 35.5. The monoisotopic (exact) mass is 182 g/mol. The summed E-state index contributed by atoms with van der Waals surface area (Å²) in [6.07, 6.45) is 1.98. The number of aromatic nitrogens is 1. The molecule has 0 aromatic carbocycles. The van der Waals surface area contributed by atoms with Gasteiger partial charge in [-0.05, 0) is 6.07 Å². The summed E-state index contributed by atoms with van der Waals surface area (Å²) >= 11 is 5.88. The van der Waals surface area contributed by atoms with Crippen LogP contribution in [0.5, 0.6) is 0 Å². The van der Waals surface area contributed by atoms with Crippen molar-refractivity contribution in [1.29, 1.82) is 0 Å². The van der Waals surface area contributed by atoms with E-state index in [1.807, 2.05) is 0 Å². The van der Waals surface area contributed by atoms with Gasteiger partial charge in [-0.3, -0.25) is 9.69 Å². The number of amides is 1. The Bertz CT molecular complexity index is 351. The SMILES string of the molecule is CN1C(=O)Cc2c(Cl)ccnc21. The Balaban J connectivity index is 2.60. The molecule has 4 heteroatoms. The second-order valence-corrected chi connectivity index (χ2v) is 3.13. The summed E-state index contributed by atoms with van der Waals surface area (Å²) in [6, 6.07) is 1.70. The van der Waals surface area contributed by atoms with Crippen LogP contribution in [-0.2, 0) is 11.2 Å². The van der Waals surface area contributed by atoms with Gasteiger partial charge in [0.2, 0.25) is 5.91 Å². The minimum Gasteiger partial charge on any atom is -0.299 e. The van der Waals surface area contributed by atoms with E-state index >= 15 is 0 Å². The standard InChI is InChI=1S/C8H7ClN2O/c1-11-7(12)4-5-6(9)2-3-10-8(5)11/h2-3H,4H2,1H3. The van der Waals surface area contributed by atoms with Crippen molar-refractivity contribution in [1.82, 2.24) is 4.98 Å². The first kappa shape index (κ1) is 7.55. The molecular weight excluding hydrogens is 176 g/mol. The number of likely N-dealkylation sites (N-methyl/N-ethyl adjacent to an activating group) is 1. The van der Waals surface area contributed by atoms with Gasteiger partial charge in [-0.15, -0.1) is 0 Å². The maximum absolute atomic E-state index is 11.2. The molecule has 2 rings (SSSR count). The molecular formula is C8H7ClN2O. The Morgan fingerprint density at radius 1 is 1.67 bits per heavy atom. The van der Waals surface area contributed by atoms with Crippen LogP contribution >= 0.6 is 11.6 Å². The molecule has 0 spiro atoms. The van der Waals surface area contributed by atoms with Gasteiger partial charge in [0.1, 0.15) is 5.82 Å². The van der Waals surface area contributed by atoms with Crippen LogP contribution in [0.25, 0.3) is 0 Å². The third-order valence-electron chi connectivity index (χ3n) is 2.00. The zero-order valence-corrected chi connectivity index (χ0v) is 7.30. The molecule has 0 fully saturated rings. The van der Waals surface area contributed by atoms with Crippen molar-refractivity contribution in [2.45, 2.75) is 6.42 Å². The maximum Gasteiger partial charge on any atom is 0.232 e. The molecule has 1 aliphatic rings. The Kier molecular flexibility index (Phi) is 1.54. The molecule has 0 radical (unpaired) electrons. The molecule has 0 saturated heterocycles. The molecule has 1 aromatic rings. The first-order valence-electron chi connectivity index (χ1n) is 3.60. The normalized spacial score (nSPS) is 15.2. The largest absolute Gasteiger partial charge is 0.299 e. The molecule has 0 aliphatic carbocycles. The summed E-state index contributed by atoms with van der Waals surface area (Å²) in [5.41, 5.74) is 0.840. The number of halogens is 1. The number of hydrogen-bond donors (Lipinski definition) is 0. The lowest BCUT2D eigenvalue weighted by atomic mass is 10.2. The summed E-state index contributed by atoms with van der Waals surface area (Å²) in [7, 11) is 1.71. The summed E-state index contributed by atoms with van der Waals surface area (Å²) in [5.74, 6) is 0.734. The molecule has 0 N–H and O–H groups in total. The number of carbonyl (C=O) groups excluding carboxylic acids is 1. The molecule has 3 nitrogen and oxygen atoms in total. The number of hydrogen-bond acceptors (Lipinski definition) is 2. The molecule has 1 aromatic heterocycles. The predicted molar refractivity (Wildman–Crippen MR) is 46.4 cm³/mol. The van der Waals surface area contributed by atoms with Crippen LogP contribution in [0.1, 0.15) is 5.56 Å². The molecule has 12 heavy (non-hydrogen) atoms. The van der Waals surface area contributed by atoms with Crippen LogP contribution in [-0.4, -0.2) is 17.9 Å². The van der Waals surface area contributed by atoms with Gasteiger partial charge in [0.25, 0.3) is 0 Å². The fourth-order valence-electron chi connectivity index (χ4n) is 1.30. The van der Waals surface area contributed by atoms with Gasteiger partial charge in [0.05, 0.1) is 6.42 Å². The van der Waals surface area contributed by atoms with Crippen LogP contribution < -0.4 is 4.90 Å². The number of carbonyl (C=O) groups is 1. The molecule has 62 valence electrons. The van der Waals surface area contributed by atoms with Gasteiger partial charge in [-0.2, -0.15) is 0 Å².